The van der Waals surface area contributed by atoms with E-state index in [-0.39, 0.29) is 41.6 Å². The van der Waals surface area contributed by atoms with E-state index in [2.05, 4.69) is 5.32 Å². The van der Waals surface area contributed by atoms with Crippen LogP contribution < -0.4 is 5.32 Å². The Balaban J connectivity index is 1.57. The molecule has 1 aromatic carbocycles. The van der Waals surface area contributed by atoms with Crippen LogP contribution in [0.4, 0.5) is 0 Å². The van der Waals surface area contributed by atoms with Crippen LogP contribution in [0.5, 0.6) is 0 Å². The zero-order valence-corrected chi connectivity index (χ0v) is 17.4. The minimum absolute atomic E-state index is 0.0559. The summed E-state index contributed by atoms with van der Waals surface area (Å²) in [6.07, 6.45) is 3.14. The monoisotopic (exact) mass is 418 g/mol. The Hall–Kier alpha value is -2.45. The molecular formula is C21H26N2O5S. The predicted molar refractivity (Wildman–Crippen MR) is 108 cm³/mol. The van der Waals surface area contributed by atoms with Gasteiger partial charge in [-0.05, 0) is 51.0 Å². The third-order valence-electron chi connectivity index (χ3n) is 5.18. The average Bonchev–Trinajstić information content (AvgIpc) is 3.21. The lowest BCUT2D eigenvalue weighted by Crippen LogP contribution is -2.45. The van der Waals surface area contributed by atoms with Gasteiger partial charge in [-0.25, -0.2) is 8.42 Å². The van der Waals surface area contributed by atoms with E-state index in [4.69, 9.17) is 4.42 Å². The fraction of sp³-hybridized carbons (Fsp3) is 0.429. The van der Waals surface area contributed by atoms with E-state index in [9.17, 15) is 18.0 Å². The predicted octanol–water partition coefficient (Wildman–Crippen LogP) is 2.63. The topological polar surface area (TPSA) is 96.7 Å². The van der Waals surface area contributed by atoms with Gasteiger partial charge < -0.3 is 9.73 Å². The molecule has 1 aliphatic heterocycles. The van der Waals surface area contributed by atoms with Crippen molar-refractivity contribution >= 4 is 21.7 Å². The summed E-state index contributed by atoms with van der Waals surface area (Å²) in [4.78, 5) is 24.2. The lowest BCUT2D eigenvalue weighted by atomic mass is 9.96. The summed E-state index contributed by atoms with van der Waals surface area (Å²) in [5, 5.41) is 2.99. The molecule has 0 spiro atoms. The number of amides is 1. The van der Waals surface area contributed by atoms with Crippen molar-refractivity contribution in [1.82, 2.24) is 9.62 Å². The Kier molecular flexibility index (Phi) is 6.54. The molecule has 1 amide bonds. The highest BCUT2D eigenvalue weighted by molar-refractivity contribution is 7.89. The van der Waals surface area contributed by atoms with Crippen molar-refractivity contribution in [3.05, 3.63) is 54.0 Å². The number of hydrogen-bond donors (Lipinski definition) is 1. The minimum Gasteiger partial charge on any atom is -0.469 e. The maximum Gasteiger partial charge on any atom is 0.243 e. The summed E-state index contributed by atoms with van der Waals surface area (Å²) in [6, 6.07) is 9.69. The highest BCUT2D eigenvalue weighted by Gasteiger charge is 2.32. The van der Waals surface area contributed by atoms with Gasteiger partial charge >= 0.3 is 0 Å². The number of carbonyl (C=O) groups excluding carboxylic acids is 2. The van der Waals surface area contributed by atoms with Gasteiger partial charge in [0.1, 0.15) is 5.76 Å². The lowest BCUT2D eigenvalue weighted by molar-refractivity contribution is -0.126. The van der Waals surface area contributed by atoms with Crippen LogP contribution in [-0.4, -0.2) is 43.5 Å². The quantitative estimate of drug-likeness (QED) is 0.697. The van der Waals surface area contributed by atoms with Gasteiger partial charge in [0, 0.05) is 37.0 Å². The average molecular weight is 419 g/mol. The lowest BCUT2D eigenvalue weighted by Gasteiger charge is -2.31. The highest BCUT2D eigenvalue weighted by atomic mass is 32.2. The number of ketones is 1. The number of hydrogen-bond acceptors (Lipinski definition) is 5. The number of sulfonamides is 1. The molecule has 1 aromatic heterocycles. The fourth-order valence-electron chi connectivity index (χ4n) is 3.53. The van der Waals surface area contributed by atoms with E-state index >= 15 is 0 Å². The normalized spacial score (nSPS) is 17.0. The van der Waals surface area contributed by atoms with Crippen molar-refractivity contribution in [3.63, 3.8) is 0 Å². The third kappa shape index (κ3) is 5.13. The number of nitrogens with one attached hydrogen (secondary N) is 1. The molecule has 2 heterocycles. The van der Waals surface area contributed by atoms with Gasteiger partial charge in [-0.1, -0.05) is 12.1 Å². The van der Waals surface area contributed by atoms with Crippen LogP contribution in [-0.2, 0) is 21.2 Å². The van der Waals surface area contributed by atoms with E-state index in [0.717, 1.165) is 5.76 Å². The second-order valence-electron chi connectivity index (χ2n) is 7.46. The summed E-state index contributed by atoms with van der Waals surface area (Å²) >= 11 is 0. The summed E-state index contributed by atoms with van der Waals surface area (Å²) in [7, 11) is -3.69. The first kappa shape index (κ1) is 21.3. The van der Waals surface area contributed by atoms with Crippen LogP contribution in [0.2, 0.25) is 0 Å². The molecule has 0 saturated carbocycles. The van der Waals surface area contributed by atoms with Gasteiger partial charge in [0.2, 0.25) is 15.9 Å². The number of carbonyl (C=O) groups is 2. The maximum atomic E-state index is 12.9. The number of benzene rings is 1. The first-order valence-electron chi connectivity index (χ1n) is 9.71. The van der Waals surface area contributed by atoms with Crippen LogP contribution in [0.25, 0.3) is 0 Å². The molecule has 1 aliphatic rings. The molecule has 1 atom stereocenters. The Morgan fingerprint density at radius 1 is 1.21 bits per heavy atom. The molecule has 3 rings (SSSR count). The Bertz CT molecular complexity index is 961. The SMILES string of the molecule is CC(=O)c1cccc(S(=O)(=O)N2CCC(C(=O)NC(C)Cc3ccco3)CC2)c1. The van der Waals surface area contributed by atoms with Crippen molar-refractivity contribution in [2.45, 2.75) is 44.0 Å². The summed E-state index contributed by atoms with van der Waals surface area (Å²) < 4.78 is 32.5. The maximum absolute atomic E-state index is 12.9. The zero-order valence-electron chi connectivity index (χ0n) is 16.6. The van der Waals surface area contributed by atoms with E-state index in [0.29, 0.717) is 24.8 Å². The molecule has 29 heavy (non-hydrogen) atoms. The number of nitrogens with zero attached hydrogens (tertiary/aromatic N) is 1. The largest absolute Gasteiger partial charge is 0.469 e. The molecular weight excluding hydrogens is 392 g/mol. The minimum atomic E-state index is -3.69. The molecule has 2 aromatic rings. The number of furan rings is 1. The van der Waals surface area contributed by atoms with Crippen molar-refractivity contribution in [2.24, 2.45) is 5.92 Å². The van der Waals surface area contributed by atoms with Crippen LogP contribution in [0.3, 0.4) is 0 Å². The van der Waals surface area contributed by atoms with Gasteiger partial charge in [-0.2, -0.15) is 4.31 Å². The number of piperidine rings is 1. The zero-order chi connectivity index (χ0) is 21.0. The van der Waals surface area contributed by atoms with Crippen molar-refractivity contribution in [3.8, 4) is 0 Å². The number of Topliss-reactive ketones (excluding diaryl/α,β-unsaturated/α-hetero) is 1. The molecule has 1 unspecified atom stereocenters. The van der Waals surface area contributed by atoms with Gasteiger partial charge in [-0.15, -0.1) is 0 Å². The molecule has 1 saturated heterocycles. The Labute approximate surface area is 171 Å². The summed E-state index contributed by atoms with van der Waals surface area (Å²) in [5.74, 6) is 0.358. The molecule has 156 valence electrons. The second-order valence-corrected chi connectivity index (χ2v) is 9.39. The summed E-state index contributed by atoms with van der Waals surface area (Å²) in [6.45, 7) is 3.87. The first-order chi connectivity index (χ1) is 13.8. The van der Waals surface area contributed by atoms with E-state index in [1.54, 1.807) is 18.4 Å². The van der Waals surface area contributed by atoms with E-state index < -0.39 is 10.0 Å². The van der Waals surface area contributed by atoms with Gasteiger partial charge in [0.05, 0.1) is 11.2 Å². The highest BCUT2D eigenvalue weighted by Crippen LogP contribution is 2.25. The van der Waals surface area contributed by atoms with Crippen LogP contribution in [0.1, 0.15) is 42.8 Å². The molecule has 1 N–H and O–H groups in total. The molecule has 0 bridgehead atoms. The van der Waals surface area contributed by atoms with Crippen LogP contribution >= 0.6 is 0 Å². The molecule has 1 fully saturated rings. The van der Waals surface area contributed by atoms with Gasteiger partial charge in [0.15, 0.2) is 5.78 Å². The fourth-order valence-corrected chi connectivity index (χ4v) is 5.04. The first-order valence-corrected chi connectivity index (χ1v) is 11.2. The van der Waals surface area contributed by atoms with Gasteiger partial charge in [0.25, 0.3) is 0 Å². The van der Waals surface area contributed by atoms with Crippen molar-refractivity contribution in [1.29, 1.82) is 0 Å². The Morgan fingerprint density at radius 2 is 1.93 bits per heavy atom. The van der Waals surface area contributed by atoms with Crippen molar-refractivity contribution in [2.75, 3.05) is 13.1 Å². The summed E-state index contributed by atoms with van der Waals surface area (Å²) in [5.41, 5.74) is 0.367. The molecule has 8 heteroatoms. The molecule has 7 nitrogen and oxygen atoms in total. The van der Waals surface area contributed by atoms with Crippen LogP contribution in [0.15, 0.2) is 52.0 Å². The standard InChI is InChI=1S/C21H26N2O5S/c1-15(13-19-6-4-12-28-19)22-21(25)17-8-10-23(11-9-17)29(26,27)20-7-3-5-18(14-20)16(2)24/h3-7,12,14-15,17H,8-11,13H2,1-2H3,(H,22,25). The Morgan fingerprint density at radius 3 is 2.55 bits per heavy atom. The van der Waals surface area contributed by atoms with Crippen LogP contribution in [0, 0.1) is 5.92 Å². The second kappa shape index (κ2) is 8.92. The van der Waals surface area contributed by atoms with E-state index in [1.165, 1.54) is 23.4 Å². The number of rotatable bonds is 7. The smallest absolute Gasteiger partial charge is 0.243 e. The third-order valence-corrected chi connectivity index (χ3v) is 7.07. The molecule has 0 aliphatic carbocycles. The van der Waals surface area contributed by atoms with Gasteiger partial charge in [-0.3, -0.25) is 9.59 Å². The van der Waals surface area contributed by atoms with Crippen molar-refractivity contribution < 1.29 is 22.4 Å². The molecule has 0 radical (unpaired) electrons. The van der Waals surface area contributed by atoms with E-state index in [1.807, 2.05) is 19.1 Å².